The Kier molecular flexibility index (Phi) is 6.02. The molecule has 0 aliphatic rings. The number of amides is 1. The number of hydrogen-bond donors (Lipinski definition) is 2. The summed E-state index contributed by atoms with van der Waals surface area (Å²) in [7, 11) is 0. The van der Waals surface area contributed by atoms with Gasteiger partial charge in [-0.3, -0.25) is 9.59 Å². The van der Waals surface area contributed by atoms with Gasteiger partial charge in [0, 0.05) is 18.0 Å². The number of carbonyl (C=O) groups excluding carboxylic acids is 2. The van der Waals surface area contributed by atoms with Gasteiger partial charge in [0.25, 0.3) is 5.91 Å². The van der Waals surface area contributed by atoms with Gasteiger partial charge in [0.2, 0.25) is 0 Å². The van der Waals surface area contributed by atoms with Gasteiger partial charge in [0.15, 0.2) is 12.4 Å². The highest BCUT2D eigenvalue weighted by atomic mass is 16.5. The van der Waals surface area contributed by atoms with Crippen LogP contribution in [0, 0.1) is 0 Å². The number of benzene rings is 1. The van der Waals surface area contributed by atoms with E-state index in [0.717, 1.165) is 0 Å². The minimum atomic E-state index is -0.296. The quantitative estimate of drug-likeness (QED) is 0.725. The maximum absolute atomic E-state index is 11.4. The van der Waals surface area contributed by atoms with Crippen molar-refractivity contribution >= 4 is 11.7 Å². The summed E-state index contributed by atoms with van der Waals surface area (Å²) in [6.07, 6.45) is 0.460. The van der Waals surface area contributed by atoms with E-state index in [4.69, 9.17) is 9.84 Å². The predicted octanol–water partition coefficient (Wildman–Crippen LogP) is 1.16. The van der Waals surface area contributed by atoms with Crippen LogP contribution in [0.5, 0.6) is 5.75 Å². The SMILES string of the molecule is CCC(=O)c1ccc(OCC(=O)NC(C)CO)cc1. The van der Waals surface area contributed by atoms with Crippen molar-refractivity contribution in [1.82, 2.24) is 5.32 Å². The fourth-order valence-corrected chi connectivity index (χ4v) is 1.45. The van der Waals surface area contributed by atoms with Gasteiger partial charge in [0.1, 0.15) is 5.75 Å². The van der Waals surface area contributed by atoms with Gasteiger partial charge in [-0.15, -0.1) is 0 Å². The Bertz CT molecular complexity index is 428. The molecule has 5 heteroatoms. The molecule has 0 saturated carbocycles. The zero-order chi connectivity index (χ0) is 14.3. The van der Waals surface area contributed by atoms with E-state index >= 15 is 0 Å². The molecule has 1 aromatic carbocycles. The minimum absolute atomic E-state index is 0.0704. The normalized spacial score (nSPS) is 11.7. The first-order valence-corrected chi connectivity index (χ1v) is 6.23. The minimum Gasteiger partial charge on any atom is -0.484 e. The van der Waals surface area contributed by atoms with Crippen molar-refractivity contribution in [1.29, 1.82) is 0 Å². The third kappa shape index (κ3) is 5.09. The fraction of sp³-hybridized carbons (Fsp3) is 0.429. The van der Waals surface area contributed by atoms with Crippen LogP contribution in [-0.2, 0) is 4.79 Å². The van der Waals surface area contributed by atoms with E-state index in [1.54, 1.807) is 38.1 Å². The van der Waals surface area contributed by atoms with E-state index in [1.165, 1.54) is 0 Å². The molecular weight excluding hydrogens is 246 g/mol. The smallest absolute Gasteiger partial charge is 0.258 e. The van der Waals surface area contributed by atoms with Crippen LogP contribution in [0.15, 0.2) is 24.3 Å². The molecule has 104 valence electrons. The van der Waals surface area contributed by atoms with Gasteiger partial charge in [-0.25, -0.2) is 0 Å². The fourth-order valence-electron chi connectivity index (χ4n) is 1.45. The van der Waals surface area contributed by atoms with Crippen molar-refractivity contribution in [2.75, 3.05) is 13.2 Å². The van der Waals surface area contributed by atoms with E-state index < -0.39 is 0 Å². The molecule has 0 spiro atoms. The number of aliphatic hydroxyl groups is 1. The van der Waals surface area contributed by atoms with Gasteiger partial charge in [0.05, 0.1) is 6.61 Å². The van der Waals surface area contributed by atoms with Crippen molar-refractivity contribution < 1.29 is 19.4 Å². The van der Waals surface area contributed by atoms with Gasteiger partial charge in [-0.1, -0.05) is 6.92 Å². The zero-order valence-electron chi connectivity index (χ0n) is 11.2. The Balaban J connectivity index is 2.46. The standard InChI is InChI=1S/C14H19NO4/c1-3-13(17)11-4-6-12(7-5-11)19-9-14(18)15-10(2)8-16/h4-7,10,16H,3,8-9H2,1-2H3,(H,15,18). The van der Waals surface area contributed by atoms with Crippen molar-refractivity contribution in [2.24, 2.45) is 0 Å². The monoisotopic (exact) mass is 265 g/mol. The molecule has 0 heterocycles. The first-order valence-electron chi connectivity index (χ1n) is 6.23. The van der Waals surface area contributed by atoms with E-state index in [2.05, 4.69) is 5.32 Å². The predicted molar refractivity (Wildman–Crippen MR) is 71.2 cm³/mol. The molecule has 1 amide bonds. The molecule has 0 fully saturated rings. The van der Waals surface area contributed by atoms with Gasteiger partial charge in [-0.2, -0.15) is 0 Å². The second-order valence-corrected chi connectivity index (χ2v) is 4.24. The molecule has 0 aromatic heterocycles. The summed E-state index contributed by atoms with van der Waals surface area (Å²) in [5, 5.41) is 11.4. The van der Waals surface area contributed by atoms with Gasteiger partial charge < -0.3 is 15.2 Å². The maximum Gasteiger partial charge on any atom is 0.258 e. The average molecular weight is 265 g/mol. The van der Waals surface area contributed by atoms with Crippen LogP contribution in [0.3, 0.4) is 0 Å². The number of Topliss-reactive ketones (excluding diaryl/α,β-unsaturated/α-hetero) is 1. The Labute approximate surface area is 112 Å². The summed E-state index contributed by atoms with van der Waals surface area (Å²) in [5.41, 5.74) is 0.633. The maximum atomic E-state index is 11.4. The lowest BCUT2D eigenvalue weighted by molar-refractivity contribution is -0.124. The molecule has 5 nitrogen and oxygen atoms in total. The highest BCUT2D eigenvalue weighted by molar-refractivity contribution is 5.95. The third-order valence-corrected chi connectivity index (χ3v) is 2.55. The molecule has 1 atom stereocenters. The molecular formula is C14H19NO4. The highest BCUT2D eigenvalue weighted by Crippen LogP contribution is 2.13. The van der Waals surface area contributed by atoms with Crippen LogP contribution in [-0.4, -0.2) is 36.1 Å². The van der Waals surface area contributed by atoms with Crippen LogP contribution >= 0.6 is 0 Å². The van der Waals surface area contributed by atoms with Crippen LogP contribution in [0.4, 0.5) is 0 Å². The summed E-state index contributed by atoms with van der Waals surface area (Å²) in [6.45, 7) is 3.27. The zero-order valence-corrected chi connectivity index (χ0v) is 11.2. The Hall–Kier alpha value is -1.88. The molecule has 0 aliphatic heterocycles. The number of carbonyl (C=O) groups is 2. The number of rotatable bonds is 7. The molecule has 19 heavy (non-hydrogen) atoms. The number of hydrogen-bond acceptors (Lipinski definition) is 4. The largest absolute Gasteiger partial charge is 0.484 e. The molecule has 1 rings (SSSR count). The van der Waals surface area contributed by atoms with Crippen molar-refractivity contribution in [3.8, 4) is 5.75 Å². The molecule has 0 saturated heterocycles. The van der Waals surface area contributed by atoms with E-state index in [0.29, 0.717) is 17.7 Å². The first kappa shape index (κ1) is 15.2. The number of aliphatic hydroxyl groups excluding tert-OH is 1. The molecule has 0 bridgehead atoms. The Morgan fingerprint density at radius 2 is 1.95 bits per heavy atom. The molecule has 1 aromatic rings. The number of nitrogens with one attached hydrogen (secondary N) is 1. The lowest BCUT2D eigenvalue weighted by atomic mass is 10.1. The number of ketones is 1. The van der Waals surface area contributed by atoms with E-state index in [9.17, 15) is 9.59 Å². The van der Waals surface area contributed by atoms with Crippen molar-refractivity contribution in [2.45, 2.75) is 26.3 Å². The third-order valence-electron chi connectivity index (χ3n) is 2.55. The summed E-state index contributed by atoms with van der Waals surface area (Å²) >= 11 is 0. The second kappa shape index (κ2) is 7.53. The van der Waals surface area contributed by atoms with Crippen LogP contribution in [0.2, 0.25) is 0 Å². The molecule has 2 N–H and O–H groups in total. The Morgan fingerprint density at radius 1 is 1.32 bits per heavy atom. The molecule has 1 unspecified atom stereocenters. The van der Waals surface area contributed by atoms with E-state index in [-0.39, 0.29) is 30.9 Å². The van der Waals surface area contributed by atoms with Crippen LogP contribution in [0.1, 0.15) is 30.6 Å². The second-order valence-electron chi connectivity index (χ2n) is 4.24. The topological polar surface area (TPSA) is 75.6 Å². The summed E-state index contributed by atoms with van der Waals surface area (Å²) in [5.74, 6) is 0.302. The first-order chi connectivity index (χ1) is 9.06. The van der Waals surface area contributed by atoms with Gasteiger partial charge in [-0.05, 0) is 31.2 Å². The molecule has 0 aliphatic carbocycles. The lowest BCUT2D eigenvalue weighted by Gasteiger charge is -2.11. The summed E-state index contributed by atoms with van der Waals surface area (Å²) < 4.78 is 5.28. The Morgan fingerprint density at radius 3 is 2.47 bits per heavy atom. The molecule has 0 radical (unpaired) electrons. The average Bonchev–Trinajstić information content (AvgIpc) is 2.44. The van der Waals surface area contributed by atoms with Crippen molar-refractivity contribution in [3.05, 3.63) is 29.8 Å². The summed E-state index contributed by atoms with van der Waals surface area (Å²) in [6, 6.07) is 6.38. The van der Waals surface area contributed by atoms with Crippen LogP contribution < -0.4 is 10.1 Å². The van der Waals surface area contributed by atoms with Crippen LogP contribution in [0.25, 0.3) is 0 Å². The van der Waals surface area contributed by atoms with E-state index in [1.807, 2.05) is 0 Å². The highest BCUT2D eigenvalue weighted by Gasteiger charge is 2.07. The number of ether oxygens (including phenoxy) is 1. The lowest BCUT2D eigenvalue weighted by Crippen LogP contribution is -2.38. The van der Waals surface area contributed by atoms with Crippen molar-refractivity contribution in [3.63, 3.8) is 0 Å². The summed E-state index contributed by atoms with van der Waals surface area (Å²) in [4.78, 5) is 22.8. The van der Waals surface area contributed by atoms with Gasteiger partial charge >= 0.3 is 0 Å².